The van der Waals surface area contributed by atoms with E-state index in [9.17, 15) is 13.6 Å². The molecule has 120 valence electrons. The molecule has 0 bridgehead atoms. The Hall–Kier alpha value is -1.65. The first kappa shape index (κ1) is 19.4. The van der Waals surface area contributed by atoms with Gasteiger partial charge < -0.3 is 9.47 Å². The smallest absolute Gasteiger partial charge is 0.330 e. The van der Waals surface area contributed by atoms with Gasteiger partial charge in [0, 0.05) is 6.08 Å². The number of rotatable bonds is 9. The van der Waals surface area contributed by atoms with Crippen molar-refractivity contribution in [2.75, 3.05) is 13.2 Å². The van der Waals surface area contributed by atoms with Crippen LogP contribution in [0.2, 0.25) is 0 Å². The van der Waals surface area contributed by atoms with Crippen LogP contribution in [0.15, 0.2) is 37.6 Å². The summed E-state index contributed by atoms with van der Waals surface area (Å²) in [7, 11) is 0. The summed E-state index contributed by atoms with van der Waals surface area (Å²) in [4.78, 5) is 11.1. The summed E-state index contributed by atoms with van der Waals surface area (Å²) in [6, 6.07) is 0. The highest BCUT2D eigenvalue weighted by Gasteiger charge is 2.58. The van der Waals surface area contributed by atoms with Crippen molar-refractivity contribution in [1.29, 1.82) is 0 Å². The van der Waals surface area contributed by atoms with Crippen LogP contribution in [0.25, 0.3) is 0 Å². The van der Waals surface area contributed by atoms with Crippen LogP contribution in [-0.2, 0) is 14.3 Å². The lowest BCUT2D eigenvalue weighted by molar-refractivity contribution is -0.214. The summed E-state index contributed by atoms with van der Waals surface area (Å²) >= 11 is 0. The van der Waals surface area contributed by atoms with Crippen molar-refractivity contribution in [3.8, 4) is 0 Å². The monoisotopic (exact) mass is 302 g/mol. The highest BCUT2D eigenvalue weighted by Crippen LogP contribution is 2.49. The number of alkyl halides is 2. The van der Waals surface area contributed by atoms with Crippen molar-refractivity contribution in [1.82, 2.24) is 0 Å². The van der Waals surface area contributed by atoms with Crippen molar-refractivity contribution < 1.29 is 23.0 Å². The SMILES string of the molecule is C=CC(=C)OCC(C)(C)C(F)(F)C(C)(C)COC(=O)C=C. The Labute approximate surface area is 125 Å². The maximum absolute atomic E-state index is 14.7. The topological polar surface area (TPSA) is 35.5 Å². The molecular weight excluding hydrogens is 278 g/mol. The highest BCUT2D eigenvalue weighted by molar-refractivity contribution is 5.81. The first-order chi connectivity index (χ1) is 9.41. The summed E-state index contributed by atoms with van der Waals surface area (Å²) in [5.41, 5.74) is -3.04. The third-order valence-electron chi connectivity index (χ3n) is 3.29. The van der Waals surface area contributed by atoms with Crippen molar-refractivity contribution >= 4 is 5.97 Å². The molecule has 21 heavy (non-hydrogen) atoms. The second kappa shape index (κ2) is 6.87. The second-order valence-electron chi connectivity index (χ2n) is 6.11. The van der Waals surface area contributed by atoms with Gasteiger partial charge in [0.1, 0.15) is 12.4 Å². The lowest BCUT2D eigenvalue weighted by atomic mass is 9.71. The average Bonchev–Trinajstić information content (AvgIpc) is 2.41. The number of carbonyl (C=O) groups is 1. The van der Waals surface area contributed by atoms with Gasteiger partial charge in [-0.15, -0.1) is 0 Å². The van der Waals surface area contributed by atoms with Crippen LogP contribution in [0.5, 0.6) is 0 Å². The molecule has 0 saturated carbocycles. The number of hydrogen-bond donors (Lipinski definition) is 0. The summed E-state index contributed by atoms with van der Waals surface area (Å²) in [6.07, 6.45) is 2.29. The predicted molar refractivity (Wildman–Crippen MR) is 79.0 cm³/mol. The molecule has 0 unspecified atom stereocenters. The van der Waals surface area contributed by atoms with Crippen molar-refractivity contribution in [2.24, 2.45) is 10.8 Å². The molecule has 0 aromatic rings. The molecule has 0 aliphatic heterocycles. The summed E-state index contributed by atoms with van der Waals surface area (Å²) in [6.45, 7) is 15.0. The third-order valence-corrected chi connectivity index (χ3v) is 3.29. The standard InChI is InChI=1S/C16H24F2O3/c1-8-12(3)20-10-14(4,5)16(17,18)15(6,7)11-21-13(19)9-2/h8-9H,1-3,10-11H2,4-7H3. The summed E-state index contributed by atoms with van der Waals surface area (Å²) in [5, 5.41) is 0. The van der Waals surface area contributed by atoms with Gasteiger partial charge in [-0.2, -0.15) is 0 Å². The van der Waals surface area contributed by atoms with E-state index in [2.05, 4.69) is 19.7 Å². The van der Waals surface area contributed by atoms with Gasteiger partial charge >= 0.3 is 5.97 Å². The van der Waals surface area contributed by atoms with Gasteiger partial charge in [-0.25, -0.2) is 13.6 Å². The zero-order valence-corrected chi connectivity index (χ0v) is 13.2. The van der Waals surface area contributed by atoms with Crippen LogP contribution in [0.4, 0.5) is 8.78 Å². The first-order valence-corrected chi connectivity index (χ1v) is 6.52. The van der Waals surface area contributed by atoms with Crippen LogP contribution in [0.3, 0.4) is 0 Å². The molecule has 0 rings (SSSR count). The van der Waals surface area contributed by atoms with E-state index in [1.54, 1.807) is 0 Å². The molecule has 0 radical (unpaired) electrons. The van der Waals surface area contributed by atoms with E-state index < -0.39 is 29.3 Å². The summed E-state index contributed by atoms with van der Waals surface area (Å²) < 4.78 is 39.4. The average molecular weight is 302 g/mol. The number of hydrogen-bond acceptors (Lipinski definition) is 3. The fraction of sp³-hybridized carbons (Fsp3) is 0.562. The molecule has 0 amide bonds. The van der Waals surface area contributed by atoms with Gasteiger partial charge in [0.15, 0.2) is 0 Å². The van der Waals surface area contributed by atoms with E-state index in [0.29, 0.717) is 0 Å². The number of allylic oxidation sites excluding steroid dienone is 1. The third kappa shape index (κ3) is 4.69. The maximum Gasteiger partial charge on any atom is 0.330 e. The van der Waals surface area contributed by atoms with Crippen LogP contribution in [-0.4, -0.2) is 25.1 Å². The first-order valence-electron chi connectivity index (χ1n) is 6.52. The maximum atomic E-state index is 14.7. The molecule has 0 fully saturated rings. The molecule has 0 heterocycles. The van der Waals surface area contributed by atoms with Gasteiger partial charge in [0.05, 0.1) is 17.4 Å². The molecule has 0 aliphatic carbocycles. The number of carbonyl (C=O) groups excluding carboxylic acids is 1. The Bertz CT molecular complexity index is 385. The molecule has 3 nitrogen and oxygen atoms in total. The highest BCUT2D eigenvalue weighted by atomic mass is 19.3. The largest absolute Gasteiger partial charge is 0.493 e. The number of halogens is 2. The van der Waals surface area contributed by atoms with E-state index in [1.807, 2.05) is 0 Å². The van der Waals surface area contributed by atoms with Crippen LogP contribution >= 0.6 is 0 Å². The normalized spacial score (nSPS) is 12.5. The molecule has 0 spiro atoms. The van der Waals surface area contributed by atoms with Crippen molar-refractivity contribution in [2.45, 2.75) is 33.6 Å². The van der Waals surface area contributed by atoms with Crippen molar-refractivity contribution in [3.63, 3.8) is 0 Å². The Morgan fingerprint density at radius 2 is 1.43 bits per heavy atom. The molecule has 0 N–H and O–H groups in total. The van der Waals surface area contributed by atoms with Gasteiger partial charge in [0.2, 0.25) is 0 Å². The molecule has 0 saturated heterocycles. The van der Waals surface area contributed by atoms with Crippen LogP contribution in [0, 0.1) is 10.8 Å². The number of ether oxygens (including phenoxy) is 2. The summed E-state index contributed by atoms with van der Waals surface area (Å²) in [5.74, 6) is -3.65. The fourth-order valence-corrected chi connectivity index (χ4v) is 1.74. The Morgan fingerprint density at radius 1 is 1.00 bits per heavy atom. The van der Waals surface area contributed by atoms with E-state index in [4.69, 9.17) is 9.47 Å². The quantitative estimate of drug-likeness (QED) is 0.278. The van der Waals surface area contributed by atoms with Crippen molar-refractivity contribution in [3.05, 3.63) is 37.6 Å². The number of esters is 1. The van der Waals surface area contributed by atoms with E-state index in [1.165, 1.54) is 33.8 Å². The second-order valence-corrected chi connectivity index (χ2v) is 6.11. The molecule has 0 aliphatic rings. The van der Waals surface area contributed by atoms with E-state index in [-0.39, 0.29) is 12.4 Å². The minimum Gasteiger partial charge on any atom is -0.493 e. The molecule has 0 atom stereocenters. The molecule has 0 aromatic carbocycles. The van der Waals surface area contributed by atoms with Gasteiger partial charge in [-0.1, -0.05) is 47.4 Å². The lowest BCUT2D eigenvalue weighted by Gasteiger charge is -2.43. The molecular formula is C16H24F2O3. The minimum atomic E-state index is -3.15. The molecule has 0 aromatic heterocycles. The minimum absolute atomic E-state index is 0.231. The Balaban J connectivity index is 5.03. The van der Waals surface area contributed by atoms with Gasteiger partial charge in [-0.05, 0) is 6.08 Å². The Kier molecular flexibility index (Phi) is 6.33. The predicted octanol–water partition coefficient (Wildman–Crippen LogP) is 4.12. The fourth-order valence-electron chi connectivity index (χ4n) is 1.74. The zero-order chi connectivity index (χ0) is 16.9. The lowest BCUT2D eigenvalue weighted by Crippen LogP contribution is -2.52. The van der Waals surface area contributed by atoms with Crippen LogP contribution < -0.4 is 0 Å². The van der Waals surface area contributed by atoms with Gasteiger partial charge in [-0.3, -0.25) is 0 Å². The Morgan fingerprint density at radius 3 is 1.81 bits per heavy atom. The zero-order valence-electron chi connectivity index (χ0n) is 13.2. The van der Waals surface area contributed by atoms with Gasteiger partial charge in [0.25, 0.3) is 5.92 Å². The molecule has 5 heteroatoms. The van der Waals surface area contributed by atoms with Crippen LogP contribution in [0.1, 0.15) is 27.7 Å². The van der Waals surface area contributed by atoms with E-state index >= 15 is 0 Å². The van der Waals surface area contributed by atoms with E-state index in [0.717, 1.165) is 6.08 Å².